The van der Waals surface area contributed by atoms with Crippen molar-refractivity contribution in [2.45, 2.75) is 18.9 Å². The molecule has 1 fully saturated rings. The highest BCUT2D eigenvalue weighted by Gasteiger charge is 2.19. The van der Waals surface area contributed by atoms with Crippen LogP contribution < -0.4 is 11.1 Å². The summed E-state index contributed by atoms with van der Waals surface area (Å²) < 4.78 is 5.36. The van der Waals surface area contributed by atoms with Gasteiger partial charge in [-0.15, -0.1) is 0 Å². The van der Waals surface area contributed by atoms with E-state index in [1.54, 1.807) is 6.20 Å². The maximum atomic E-state index is 12.3. The Kier molecular flexibility index (Phi) is 3.13. The maximum absolute atomic E-state index is 12.3. The topological polar surface area (TPSA) is 80.1 Å². The van der Waals surface area contributed by atoms with E-state index in [1.165, 1.54) is 0 Å². The van der Waals surface area contributed by atoms with Crippen LogP contribution >= 0.6 is 0 Å². The van der Waals surface area contributed by atoms with E-state index in [0.29, 0.717) is 17.9 Å². The van der Waals surface area contributed by atoms with Crippen molar-refractivity contribution >= 4 is 22.5 Å². The zero-order chi connectivity index (χ0) is 13.2. The largest absolute Gasteiger partial charge is 0.399 e. The van der Waals surface area contributed by atoms with Crippen LogP contribution in [0.1, 0.15) is 23.2 Å². The van der Waals surface area contributed by atoms with E-state index in [1.807, 2.05) is 18.2 Å². The number of hydrogen-bond donors (Lipinski definition) is 3. The first kappa shape index (κ1) is 12.0. The quantitative estimate of drug-likeness (QED) is 0.717. The predicted octanol–water partition coefficient (Wildman–Crippen LogP) is 1.66. The Balaban J connectivity index is 1.82. The highest BCUT2D eigenvalue weighted by atomic mass is 16.5. The Morgan fingerprint density at radius 1 is 1.47 bits per heavy atom. The third-order valence-corrected chi connectivity index (χ3v) is 3.45. The van der Waals surface area contributed by atoms with Crippen LogP contribution in [-0.2, 0) is 4.74 Å². The normalized spacial score (nSPS) is 19.5. The standard InChI is InChI=1S/C14H17N3O2/c15-9-3-4-13-11(6-9)12(7-16-13)14(18)17-10-2-1-5-19-8-10/h3-4,6-7,10,16H,1-2,5,8,15H2,(H,17,18). The molecule has 0 bridgehead atoms. The van der Waals surface area contributed by atoms with E-state index < -0.39 is 0 Å². The number of carbonyl (C=O) groups is 1. The van der Waals surface area contributed by atoms with Gasteiger partial charge in [-0.25, -0.2) is 0 Å². The van der Waals surface area contributed by atoms with Gasteiger partial charge in [-0.1, -0.05) is 0 Å². The molecule has 2 heterocycles. The van der Waals surface area contributed by atoms with Crippen molar-refractivity contribution in [3.8, 4) is 0 Å². The van der Waals surface area contributed by atoms with Gasteiger partial charge in [0.05, 0.1) is 18.2 Å². The molecule has 0 aliphatic carbocycles. The van der Waals surface area contributed by atoms with Crippen molar-refractivity contribution in [3.63, 3.8) is 0 Å². The van der Waals surface area contributed by atoms with E-state index in [0.717, 1.165) is 30.4 Å². The number of amides is 1. The van der Waals surface area contributed by atoms with Gasteiger partial charge in [0, 0.05) is 29.4 Å². The molecule has 5 heteroatoms. The third-order valence-electron chi connectivity index (χ3n) is 3.45. The Hall–Kier alpha value is -2.01. The molecule has 0 spiro atoms. The number of anilines is 1. The molecule has 3 rings (SSSR count). The predicted molar refractivity (Wildman–Crippen MR) is 74.0 cm³/mol. The fraction of sp³-hybridized carbons (Fsp3) is 0.357. The third kappa shape index (κ3) is 2.42. The smallest absolute Gasteiger partial charge is 0.253 e. The fourth-order valence-corrected chi connectivity index (χ4v) is 2.44. The SMILES string of the molecule is Nc1ccc2[nH]cc(C(=O)NC3CCCOC3)c2c1. The van der Waals surface area contributed by atoms with Crippen molar-refractivity contribution in [3.05, 3.63) is 30.0 Å². The van der Waals surface area contributed by atoms with E-state index in [2.05, 4.69) is 10.3 Å². The zero-order valence-electron chi connectivity index (χ0n) is 10.6. The molecule has 1 unspecified atom stereocenters. The number of nitrogens with two attached hydrogens (primary N) is 1. The highest BCUT2D eigenvalue weighted by molar-refractivity contribution is 6.07. The summed E-state index contributed by atoms with van der Waals surface area (Å²) >= 11 is 0. The van der Waals surface area contributed by atoms with E-state index in [9.17, 15) is 4.79 Å². The summed E-state index contributed by atoms with van der Waals surface area (Å²) in [5.74, 6) is -0.0765. The number of H-pyrrole nitrogens is 1. The van der Waals surface area contributed by atoms with Crippen LogP contribution in [0.2, 0.25) is 0 Å². The van der Waals surface area contributed by atoms with Gasteiger partial charge in [-0.3, -0.25) is 4.79 Å². The molecule has 19 heavy (non-hydrogen) atoms. The molecule has 100 valence electrons. The second-order valence-electron chi connectivity index (χ2n) is 4.89. The zero-order valence-corrected chi connectivity index (χ0v) is 10.6. The van der Waals surface area contributed by atoms with Crippen molar-refractivity contribution in [1.82, 2.24) is 10.3 Å². The maximum Gasteiger partial charge on any atom is 0.253 e. The Bertz CT molecular complexity index is 600. The molecule has 1 aromatic heterocycles. The van der Waals surface area contributed by atoms with Gasteiger partial charge in [-0.2, -0.15) is 0 Å². The van der Waals surface area contributed by atoms with Crippen LogP contribution in [0.3, 0.4) is 0 Å². The van der Waals surface area contributed by atoms with Crippen LogP contribution in [0.4, 0.5) is 5.69 Å². The van der Waals surface area contributed by atoms with Crippen LogP contribution in [0.25, 0.3) is 10.9 Å². The first-order chi connectivity index (χ1) is 9.24. The number of nitrogens with one attached hydrogen (secondary N) is 2. The summed E-state index contributed by atoms with van der Waals surface area (Å²) in [7, 11) is 0. The summed E-state index contributed by atoms with van der Waals surface area (Å²) in [5.41, 5.74) is 7.97. The Morgan fingerprint density at radius 2 is 2.37 bits per heavy atom. The molecule has 4 N–H and O–H groups in total. The van der Waals surface area contributed by atoms with Crippen molar-refractivity contribution in [2.24, 2.45) is 0 Å². The number of aromatic amines is 1. The Morgan fingerprint density at radius 3 is 3.16 bits per heavy atom. The number of hydrogen-bond acceptors (Lipinski definition) is 3. The number of rotatable bonds is 2. The van der Waals surface area contributed by atoms with Gasteiger partial charge in [0.2, 0.25) is 0 Å². The molecule has 1 aliphatic heterocycles. The monoisotopic (exact) mass is 259 g/mol. The molecule has 1 atom stereocenters. The van der Waals surface area contributed by atoms with Gasteiger partial charge >= 0.3 is 0 Å². The first-order valence-electron chi connectivity index (χ1n) is 6.49. The number of ether oxygens (including phenoxy) is 1. The molecule has 1 aliphatic rings. The van der Waals surface area contributed by atoms with Crippen LogP contribution in [0, 0.1) is 0 Å². The summed E-state index contributed by atoms with van der Waals surface area (Å²) in [6, 6.07) is 5.62. The number of benzene rings is 1. The van der Waals surface area contributed by atoms with E-state index in [-0.39, 0.29) is 11.9 Å². The summed E-state index contributed by atoms with van der Waals surface area (Å²) in [5, 5.41) is 3.86. The van der Waals surface area contributed by atoms with Crippen LogP contribution in [0.15, 0.2) is 24.4 Å². The van der Waals surface area contributed by atoms with E-state index in [4.69, 9.17) is 10.5 Å². The molecule has 2 aromatic rings. The summed E-state index contributed by atoms with van der Waals surface area (Å²) in [6.45, 7) is 1.38. The molecule has 1 aromatic carbocycles. The van der Waals surface area contributed by atoms with E-state index >= 15 is 0 Å². The molecule has 5 nitrogen and oxygen atoms in total. The van der Waals surface area contributed by atoms with Crippen LogP contribution in [-0.4, -0.2) is 30.1 Å². The lowest BCUT2D eigenvalue weighted by molar-refractivity contribution is 0.0625. The number of aromatic nitrogens is 1. The van der Waals surface area contributed by atoms with Crippen molar-refractivity contribution in [2.75, 3.05) is 18.9 Å². The first-order valence-corrected chi connectivity index (χ1v) is 6.49. The number of carbonyl (C=O) groups excluding carboxylic acids is 1. The number of fused-ring (bicyclic) bond motifs is 1. The summed E-state index contributed by atoms with van der Waals surface area (Å²) in [4.78, 5) is 15.4. The second kappa shape index (κ2) is 4.93. The lowest BCUT2D eigenvalue weighted by Gasteiger charge is -2.22. The van der Waals surface area contributed by atoms with Crippen molar-refractivity contribution in [1.29, 1.82) is 0 Å². The lowest BCUT2D eigenvalue weighted by atomic mass is 10.1. The average Bonchev–Trinajstić information content (AvgIpc) is 2.82. The molecule has 1 amide bonds. The molecule has 1 saturated heterocycles. The fourth-order valence-electron chi connectivity index (χ4n) is 2.44. The second-order valence-corrected chi connectivity index (χ2v) is 4.89. The Labute approximate surface area is 111 Å². The van der Waals surface area contributed by atoms with Crippen LogP contribution in [0.5, 0.6) is 0 Å². The molecular weight excluding hydrogens is 242 g/mol. The average molecular weight is 259 g/mol. The highest BCUT2D eigenvalue weighted by Crippen LogP contribution is 2.21. The molecule has 0 radical (unpaired) electrons. The van der Waals surface area contributed by atoms with Crippen molar-refractivity contribution < 1.29 is 9.53 Å². The van der Waals surface area contributed by atoms with Gasteiger partial charge in [0.15, 0.2) is 0 Å². The van der Waals surface area contributed by atoms with Gasteiger partial charge in [-0.05, 0) is 31.0 Å². The minimum absolute atomic E-state index is 0.0765. The lowest BCUT2D eigenvalue weighted by Crippen LogP contribution is -2.40. The minimum Gasteiger partial charge on any atom is -0.399 e. The summed E-state index contributed by atoms with van der Waals surface area (Å²) in [6.07, 6.45) is 3.69. The van der Waals surface area contributed by atoms with Gasteiger partial charge < -0.3 is 20.8 Å². The van der Waals surface area contributed by atoms with Gasteiger partial charge in [0.25, 0.3) is 5.91 Å². The number of nitrogen functional groups attached to an aromatic ring is 1. The van der Waals surface area contributed by atoms with Gasteiger partial charge in [0.1, 0.15) is 0 Å². The molecule has 0 saturated carbocycles. The minimum atomic E-state index is -0.0765. The molecular formula is C14H17N3O2.